The first kappa shape index (κ1) is 16.1. The van der Waals surface area contributed by atoms with E-state index in [9.17, 15) is 5.11 Å². The zero-order valence-corrected chi connectivity index (χ0v) is 14.4. The molecule has 0 aromatic heterocycles. The fourth-order valence-electron chi connectivity index (χ4n) is 3.44. The number of rotatable bonds is 3. The van der Waals surface area contributed by atoms with E-state index >= 15 is 0 Å². The molecule has 2 aliphatic rings. The van der Waals surface area contributed by atoms with Gasteiger partial charge in [-0.3, -0.25) is 0 Å². The summed E-state index contributed by atoms with van der Waals surface area (Å²) in [4.78, 5) is 0. The molecule has 2 aromatic rings. The summed E-state index contributed by atoms with van der Waals surface area (Å²) in [6.07, 6.45) is -0.319. The van der Waals surface area contributed by atoms with Crippen molar-refractivity contribution < 1.29 is 28.8 Å². The van der Waals surface area contributed by atoms with Crippen LogP contribution in [0.5, 0.6) is 23.0 Å². The van der Waals surface area contributed by atoms with E-state index in [2.05, 4.69) is 0 Å². The Morgan fingerprint density at radius 3 is 2.48 bits per heavy atom. The second-order valence-electron chi connectivity index (χ2n) is 6.19. The molecule has 25 heavy (non-hydrogen) atoms. The fourth-order valence-corrected chi connectivity index (χ4v) is 3.44. The lowest BCUT2D eigenvalue weighted by molar-refractivity contribution is -0.273. The van der Waals surface area contributed by atoms with Crippen LogP contribution in [0.4, 0.5) is 0 Å². The molecule has 0 amide bonds. The van der Waals surface area contributed by atoms with E-state index in [1.807, 2.05) is 30.3 Å². The van der Waals surface area contributed by atoms with Crippen LogP contribution in [0, 0.1) is 0 Å². The molecule has 0 saturated heterocycles. The number of ether oxygens (including phenoxy) is 5. The molecule has 0 spiro atoms. The first-order valence-electron chi connectivity index (χ1n) is 8.02. The first-order chi connectivity index (χ1) is 12.1. The van der Waals surface area contributed by atoms with Crippen molar-refractivity contribution in [3.63, 3.8) is 0 Å². The molecule has 0 bridgehead atoms. The van der Waals surface area contributed by atoms with Gasteiger partial charge >= 0.3 is 0 Å². The first-order valence-corrected chi connectivity index (χ1v) is 8.02. The van der Waals surface area contributed by atoms with E-state index < -0.39 is 11.9 Å². The molecule has 2 aliphatic heterocycles. The van der Waals surface area contributed by atoms with Gasteiger partial charge in [-0.25, -0.2) is 0 Å². The van der Waals surface area contributed by atoms with Crippen molar-refractivity contribution in [2.45, 2.75) is 24.9 Å². The van der Waals surface area contributed by atoms with Crippen LogP contribution in [-0.2, 0) is 17.8 Å². The van der Waals surface area contributed by atoms with Crippen molar-refractivity contribution in [1.29, 1.82) is 0 Å². The Balaban J connectivity index is 1.80. The molecular weight excluding hydrogens is 324 g/mol. The van der Waals surface area contributed by atoms with Gasteiger partial charge in [0.05, 0.1) is 27.9 Å². The predicted molar refractivity (Wildman–Crippen MR) is 89.4 cm³/mol. The van der Waals surface area contributed by atoms with Crippen LogP contribution in [0.3, 0.4) is 0 Å². The highest BCUT2D eigenvalue weighted by Crippen LogP contribution is 2.48. The Labute approximate surface area is 145 Å². The lowest BCUT2D eigenvalue weighted by atomic mass is 9.87. The number of hydrogen-bond donors (Lipinski definition) is 1. The van der Waals surface area contributed by atoms with Crippen LogP contribution in [-0.4, -0.2) is 32.2 Å². The van der Waals surface area contributed by atoms with Gasteiger partial charge in [0, 0.05) is 18.1 Å². The van der Waals surface area contributed by atoms with Gasteiger partial charge in [0.1, 0.15) is 11.5 Å². The van der Waals surface area contributed by atoms with Gasteiger partial charge in [-0.1, -0.05) is 6.07 Å². The van der Waals surface area contributed by atoms with E-state index in [-0.39, 0.29) is 6.61 Å². The van der Waals surface area contributed by atoms with E-state index in [0.29, 0.717) is 29.4 Å². The third-order valence-electron chi connectivity index (χ3n) is 4.78. The normalized spacial score (nSPS) is 23.6. The van der Waals surface area contributed by atoms with E-state index in [0.717, 1.165) is 16.7 Å². The highest BCUT2D eigenvalue weighted by atomic mass is 16.7. The van der Waals surface area contributed by atoms with Crippen LogP contribution in [0.25, 0.3) is 0 Å². The Bertz CT molecular complexity index is 818. The molecule has 4 rings (SSSR count). The van der Waals surface area contributed by atoms with Crippen LogP contribution < -0.4 is 18.9 Å². The fraction of sp³-hybridized carbons (Fsp3) is 0.368. The largest absolute Gasteiger partial charge is 0.497 e. The smallest absolute Gasteiger partial charge is 0.212 e. The Kier molecular flexibility index (Phi) is 3.74. The summed E-state index contributed by atoms with van der Waals surface area (Å²) in [5.41, 5.74) is 2.61. The number of benzene rings is 2. The van der Waals surface area contributed by atoms with Crippen molar-refractivity contribution in [3.8, 4) is 23.0 Å². The molecule has 2 heterocycles. The van der Waals surface area contributed by atoms with Crippen LogP contribution in [0.2, 0.25) is 0 Å². The maximum Gasteiger partial charge on any atom is 0.212 e. The zero-order chi connectivity index (χ0) is 17.6. The van der Waals surface area contributed by atoms with Crippen molar-refractivity contribution in [1.82, 2.24) is 0 Å². The van der Waals surface area contributed by atoms with E-state index in [4.69, 9.17) is 23.7 Å². The average Bonchev–Trinajstić information content (AvgIpc) is 2.64. The molecule has 2 atom stereocenters. The zero-order valence-electron chi connectivity index (χ0n) is 14.4. The second kappa shape index (κ2) is 5.82. The highest BCUT2D eigenvalue weighted by Gasteiger charge is 2.49. The molecular formula is C19H20O6. The maximum absolute atomic E-state index is 11.1. The van der Waals surface area contributed by atoms with E-state index in [1.165, 1.54) is 0 Å². The molecule has 132 valence electrons. The SMILES string of the molecule is COc1ccc2c(c1)O[C@H]1c3cc(OC)c(OC)cc3CO[C@@]1(O)C2. The van der Waals surface area contributed by atoms with Crippen molar-refractivity contribution in [2.24, 2.45) is 0 Å². The van der Waals surface area contributed by atoms with Crippen LogP contribution in [0.1, 0.15) is 22.8 Å². The molecule has 0 radical (unpaired) electrons. The third kappa shape index (κ3) is 2.49. The third-order valence-corrected chi connectivity index (χ3v) is 4.78. The lowest BCUT2D eigenvalue weighted by Crippen LogP contribution is -2.49. The van der Waals surface area contributed by atoms with Gasteiger partial charge in [0.2, 0.25) is 5.79 Å². The quantitative estimate of drug-likeness (QED) is 0.923. The van der Waals surface area contributed by atoms with Gasteiger partial charge in [-0.2, -0.15) is 0 Å². The minimum Gasteiger partial charge on any atom is -0.497 e. The molecule has 0 unspecified atom stereocenters. The van der Waals surface area contributed by atoms with Gasteiger partial charge in [-0.05, 0) is 29.3 Å². The molecule has 0 aliphatic carbocycles. The summed E-state index contributed by atoms with van der Waals surface area (Å²) < 4.78 is 27.9. The summed E-state index contributed by atoms with van der Waals surface area (Å²) in [5, 5.41) is 11.1. The van der Waals surface area contributed by atoms with Gasteiger partial charge in [0.15, 0.2) is 17.6 Å². The summed E-state index contributed by atoms with van der Waals surface area (Å²) >= 11 is 0. The molecule has 2 aromatic carbocycles. The van der Waals surface area contributed by atoms with Gasteiger partial charge in [-0.15, -0.1) is 0 Å². The van der Waals surface area contributed by atoms with Crippen molar-refractivity contribution in [2.75, 3.05) is 21.3 Å². The molecule has 1 N–H and O–H groups in total. The number of aliphatic hydroxyl groups is 1. The molecule has 6 nitrogen and oxygen atoms in total. The van der Waals surface area contributed by atoms with Gasteiger partial charge < -0.3 is 28.8 Å². The van der Waals surface area contributed by atoms with E-state index in [1.54, 1.807) is 21.3 Å². The van der Waals surface area contributed by atoms with Crippen molar-refractivity contribution >= 4 is 0 Å². The summed E-state index contributed by atoms with van der Waals surface area (Å²) in [7, 11) is 4.78. The predicted octanol–water partition coefficient (Wildman–Crippen LogP) is 2.61. The standard InChI is InChI=1S/C19H20O6/c1-21-13-5-4-11-9-19(20)18(25-15(11)7-13)14-8-17(23-3)16(22-2)6-12(14)10-24-19/h4-8,18,20H,9-10H2,1-3H3/t18-,19-/m0/s1. The summed E-state index contributed by atoms with van der Waals surface area (Å²) in [5.74, 6) is 1.17. The number of methoxy groups -OCH3 is 3. The van der Waals surface area contributed by atoms with Gasteiger partial charge in [0.25, 0.3) is 0 Å². The molecule has 0 fully saturated rings. The molecule has 0 saturated carbocycles. The molecule has 6 heteroatoms. The Hall–Kier alpha value is -2.44. The van der Waals surface area contributed by atoms with Crippen molar-refractivity contribution in [3.05, 3.63) is 47.0 Å². The number of fused-ring (bicyclic) bond motifs is 4. The topological polar surface area (TPSA) is 66.4 Å². The number of hydrogen-bond acceptors (Lipinski definition) is 6. The Morgan fingerprint density at radius 2 is 1.76 bits per heavy atom. The minimum absolute atomic E-state index is 0.275. The lowest BCUT2D eigenvalue weighted by Gasteiger charge is -2.44. The van der Waals surface area contributed by atoms with Crippen LogP contribution in [0.15, 0.2) is 30.3 Å². The van der Waals surface area contributed by atoms with Crippen LogP contribution >= 0.6 is 0 Å². The highest BCUT2D eigenvalue weighted by molar-refractivity contribution is 5.51. The Morgan fingerprint density at radius 1 is 1.00 bits per heavy atom. The second-order valence-corrected chi connectivity index (χ2v) is 6.19. The monoisotopic (exact) mass is 344 g/mol. The maximum atomic E-state index is 11.1. The summed E-state index contributed by atoms with van der Waals surface area (Å²) in [6, 6.07) is 9.26. The average molecular weight is 344 g/mol. The minimum atomic E-state index is -1.42. The summed E-state index contributed by atoms with van der Waals surface area (Å²) in [6.45, 7) is 0.275.